The van der Waals surface area contributed by atoms with Crippen LogP contribution in [0.15, 0.2) is 48.5 Å². The van der Waals surface area contributed by atoms with Crippen molar-refractivity contribution in [3.63, 3.8) is 0 Å². The number of hydrogen-bond donors (Lipinski definition) is 2. The highest BCUT2D eigenvalue weighted by atomic mass is 32.2. The summed E-state index contributed by atoms with van der Waals surface area (Å²) in [5, 5.41) is 3.03. The van der Waals surface area contributed by atoms with Crippen LogP contribution < -0.4 is 14.3 Å². The van der Waals surface area contributed by atoms with Crippen LogP contribution in [-0.2, 0) is 16.6 Å². The number of carbonyl (C=O) groups is 1. The fraction of sp³-hybridized carbons (Fsp3) is 0.188. The summed E-state index contributed by atoms with van der Waals surface area (Å²) in [5.41, 5.74) is 2.78. The second kappa shape index (κ2) is 5.92. The van der Waals surface area contributed by atoms with Crippen molar-refractivity contribution in [3.05, 3.63) is 59.7 Å². The van der Waals surface area contributed by atoms with Crippen LogP contribution in [0.25, 0.3) is 0 Å². The number of nitrogens with one attached hydrogen (secondary N) is 2. The molecule has 7 heteroatoms. The van der Waals surface area contributed by atoms with Crippen LogP contribution in [0.2, 0.25) is 0 Å². The Hall–Kier alpha value is -2.54. The average molecular weight is 331 g/mol. The molecule has 0 saturated heterocycles. The molecule has 3 rings (SSSR count). The van der Waals surface area contributed by atoms with Crippen molar-refractivity contribution in [2.24, 2.45) is 0 Å². The van der Waals surface area contributed by atoms with Gasteiger partial charge in [-0.3, -0.25) is 9.10 Å². The van der Waals surface area contributed by atoms with Crippen molar-refractivity contribution in [1.82, 2.24) is 4.72 Å². The molecule has 0 fully saturated rings. The van der Waals surface area contributed by atoms with Crippen LogP contribution in [0, 0.1) is 0 Å². The standard InChI is InChI=1S/C16H17N3O3S/c1-17-14-7-8-15-13(11-14)9-10-19(15)23(21,22)18-16(20)12-5-3-2-4-6-12/h2-8,11,17H,9-10H2,1H3,(H,18,20). The van der Waals surface area contributed by atoms with E-state index in [9.17, 15) is 13.2 Å². The van der Waals surface area contributed by atoms with Crippen molar-refractivity contribution >= 4 is 27.5 Å². The summed E-state index contributed by atoms with van der Waals surface area (Å²) in [6.07, 6.45) is 0.616. The van der Waals surface area contributed by atoms with Gasteiger partial charge in [0.15, 0.2) is 0 Å². The molecule has 1 aliphatic heterocycles. The highest BCUT2D eigenvalue weighted by molar-refractivity contribution is 7.91. The Bertz CT molecular complexity index is 835. The molecular weight excluding hydrogens is 314 g/mol. The van der Waals surface area contributed by atoms with E-state index in [1.54, 1.807) is 36.4 Å². The zero-order valence-electron chi connectivity index (χ0n) is 12.6. The van der Waals surface area contributed by atoms with E-state index in [2.05, 4.69) is 10.0 Å². The second-order valence-electron chi connectivity index (χ2n) is 5.22. The zero-order chi connectivity index (χ0) is 16.4. The normalized spacial score (nSPS) is 13.5. The monoisotopic (exact) mass is 331 g/mol. The van der Waals surface area contributed by atoms with E-state index >= 15 is 0 Å². The predicted octanol–water partition coefficient (Wildman–Crippen LogP) is 1.77. The van der Waals surface area contributed by atoms with Gasteiger partial charge in [-0.15, -0.1) is 0 Å². The third kappa shape index (κ3) is 3.00. The van der Waals surface area contributed by atoms with E-state index in [1.807, 2.05) is 19.2 Å². The van der Waals surface area contributed by atoms with Crippen molar-refractivity contribution in [1.29, 1.82) is 0 Å². The molecule has 0 radical (unpaired) electrons. The maximum atomic E-state index is 12.5. The number of anilines is 2. The SMILES string of the molecule is CNc1ccc2c(c1)CCN2S(=O)(=O)NC(=O)c1ccccc1. The van der Waals surface area contributed by atoms with Crippen LogP contribution in [0.1, 0.15) is 15.9 Å². The minimum atomic E-state index is -3.93. The summed E-state index contributed by atoms with van der Waals surface area (Å²) in [7, 11) is -2.12. The lowest BCUT2D eigenvalue weighted by Gasteiger charge is -2.20. The molecule has 6 nitrogen and oxygen atoms in total. The smallest absolute Gasteiger partial charge is 0.326 e. The van der Waals surface area contributed by atoms with E-state index in [-0.39, 0.29) is 0 Å². The number of nitrogens with zero attached hydrogens (tertiary/aromatic N) is 1. The van der Waals surface area contributed by atoms with Gasteiger partial charge in [0.05, 0.1) is 5.69 Å². The molecule has 0 spiro atoms. The predicted molar refractivity (Wildman–Crippen MR) is 89.9 cm³/mol. The van der Waals surface area contributed by atoms with E-state index in [4.69, 9.17) is 0 Å². The maximum Gasteiger partial charge on any atom is 0.326 e. The zero-order valence-corrected chi connectivity index (χ0v) is 13.4. The molecule has 0 atom stereocenters. The van der Waals surface area contributed by atoms with E-state index in [1.165, 1.54) is 4.31 Å². The summed E-state index contributed by atoms with van der Waals surface area (Å²) in [6, 6.07) is 13.8. The molecule has 2 aromatic rings. The molecule has 1 amide bonds. The number of rotatable bonds is 4. The van der Waals surface area contributed by atoms with Crippen molar-refractivity contribution in [3.8, 4) is 0 Å². The van der Waals surface area contributed by atoms with Gasteiger partial charge in [-0.25, -0.2) is 4.72 Å². The first-order valence-corrected chi connectivity index (χ1v) is 8.66. The minimum Gasteiger partial charge on any atom is -0.388 e. The van der Waals surface area contributed by atoms with E-state index in [0.29, 0.717) is 24.2 Å². The second-order valence-corrected chi connectivity index (χ2v) is 6.81. The van der Waals surface area contributed by atoms with Crippen molar-refractivity contribution in [2.75, 3.05) is 23.2 Å². The van der Waals surface area contributed by atoms with Crippen molar-refractivity contribution < 1.29 is 13.2 Å². The lowest BCUT2D eigenvalue weighted by atomic mass is 10.1. The Labute approximate surface area is 135 Å². The largest absolute Gasteiger partial charge is 0.388 e. The number of carbonyl (C=O) groups excluding carboxylic acids is 1. The molecule has 120 valence electrons. The highest BCUT2D eigenvalue weighted by Gasteiger charge is 2.31. The quantitative estimate of drug-likeness (QED) is 0.895. The number of amides is 1. The molecule has 0 aromatic heterocycles. The molecule has 2 N–H and O–H groups in total. The van der Waals surface area contributed by atoms with Gasteiger partial charge in [-0.2, -0.15) is 8.42 Å². The fourth-order valence-corrected chi connectivity index (χ4v) is 3.83. The van der Waals surface area contributed by atoms with Crippen LogP contribution in [-0.4, -0.2) is 27.9 Å². The third-order valence-corrected chi connectivity index (χ3v) is 5.17. The van der Waals surface area contributed by atoms with Gasteiger partial charge >= 0.3 is 10.2 Å². The van der Waals surface area contributed by atoms with E-state index < -0.39 is 16.1 Å². The van der Waals surface area contributed by atoms with Gasteiger partial charge < -0.3 is 5.32 Å². The Morgan fingerprint density at radius 3 is 2.57 bits per heavy atom. The van der Waals surface area contributed by atoms with Crippen molar-refractivity contribution in [2.45, 2.75) is 6.42 Å². The number of fused-ring (bicyclic) bond motifs is 1. The minimum absolute atomic E-state index is 0.307. The van der Waals surface area contributed by atoms with Gasteiger partial charge in [0.1, 0.15) is 0 Å². The Balaban J connectivity index is 1.84. The molecule has 23 heavy (non-hydrogen) atoms. The fourth-order valence-electron chi connectivity index (χ4n) is 2.60. The molecule has 2 aromatic carbocycles. The summed E-state index contributed by atoms with van der Waals surface area (Å²) in [5.74, 6) is -0.633. The van der Waals surface area contributed by atoms with Crippen LogP contribution in [0.3, 0.4) is 0 Å². The lowest BCUT2D eigenvalue weighted by Crippen LogP contribution is -2.42. The summed E-state index contributed by atoms with van der Waals surface area (Å²) in [6.45, 7) is 0.319. The van der Waals surface area contributed by atoms with Crippen LogP contribution in [0.5, 0.6) is 0 Å². The molecular formula is C16H17N3O3S. The molecule has 0 unspecified atom stereocenters. The van der Waals surface area contributed by atoms with Gasteiger partial charge in [-0.05, 0) is 42.3 Å². The molecule has 1 aliphatic rings. The maximum absolute atomic E-state index is 12.5. The van der Waals surface area contributed by atoms with Crippen LogP contribution in [0.4, 0.5) is 11.4 Å². The molecule has 1 heterocycles. The Kier molecular flexibility index (Phi) is 3.96. The topological polar surface area (TPSA) is 78.5 Å². The number of benzene rings is 2. The molecule has 0 aliphatic carbocycles. The first-order chi connectivity index (χ1) is 11.0. The summed E-state index contributed by atoms with van der Waals surface area (Å²) in [4.78, 5) is 12.1. The lowest BCUT2D eigenvalue weighted by molar-refractivity contribution is 0.0981. The summed E-state index contributed by atoms with van der Waals surface area (Å²) >= 11 is 0. The first kappa shape index (κ1) is 15.4. The molecule has 0 bridgehead atoms. The van der Waals surface area contributed by atoms with Gasteiger partial charge in [0.2, 0.25) is 0 Å². The van der Waals surface area contributed by atoms with E-state index in [0.717, 1.165) is 11.3 Å². The number of hydrogen-bond acceptors (Lipinski definition) is 4. The van der Waals surface area contributed by atoms with Gasteiger partial charge in [0.25, 0.3) is 5.91 Å². The average Bonchev–Trinajstić information content (AvgIpc) is 2.99. The highest BCUT2D eigenvalue weighted by Crippen LogP contribution is 2.32. The van der Waals surface area contributed by atoms with Gasteiger partial charge in [0, 0.05) is 24.8 Å². The first-order valence-electron chi connectivity index (χ1n) is 7.22. The van der Waals surface area contributed by atoms with Gasteiger partial charge in [-0.1, -0.05) is 18.2 Å². The third-order valence-electron chi connectivity index (χ3n) is 3.77. The Morgan fingerprint density at radius 1 is 1.13 bits per heavy atom. The molecule has 0 saturated carbocycles. The van der Waals surface area contributed by atoms with Crippen LogP contribution >= 0.6 is 0 Å². The Morgan fingerprint density at radius 2 is 1.87 bits per heavy atom. The summed E-state index contributed by atoms with van der Waals surface area (Å²) < 4.78 is 28.4.